The average molecular weight is 419 g/mol. The molecule has 3 aromatic rings. The first-order valence-corrected chi connectivity index (χ1v) is 9.46. The maximum Gasteiger partial charge on any atom is 0.337 e. The summed E-state index contributed by atoms with van der Waals surface area (Å²) in [4.78, 5) is 11.9. The number of hydrogen-bond donors (Lipinski definition) is 2. The quantitative estimate of drug-likeness (QED) is 0.563. The van der Waals surface area contributed by atoms with Gasteiger partial charge in [-0.15, -0.1) is 0 Å². The van der Waals surface area contributed by atoms with Crippen molar-refractivity contribution in [2.24, 2.45) is 0 Å². The summed E-state index contributed by atoms with van der Waals surface area (Å²) in [6, 6.07) is 10.4. The van der Waals surface area contributed by atoms with E-state index in [-0.39, 0.29) is 11.4 Å². The van der Waals surface area contributed by atoms with E-state index in [9.17, 15) is 18.7 Å². The van der Waals surface area contributed by atoms with E-state index in [1.165, 1.54) is 24.3 Å². The Hall–Kier alpha value is -2.70. The van der Waals surface area contributed by atoms with Crippen molar-refractivity contribution in [1.82, 2.24) is 9.88 Å². The highest BCUT2D eigenvalue weighted by atomic mass is 35.5. The van der Waals surface area contributed by atoms with Crippen molar-refractivity contribution in [3.05, 3.63) is 92.8 Å². The van der Waals surface area contributed by atoms with Gasteiger partial charge in [-0.05, 0) is 49.2 Å². The highest BCUT2D eigenvalue weighted by Gasteiger charge is 2.22. The molecule has 29 heavy (non-hydrogen) atoms. The number of aromatic nitrogens is 1. The first-order chi connectivity index (χ1) is 13.8. The standard InChI is InChI=1S/C22H21ClF2N2O2/c1-13-19(11-26-10-15-4-3-5-17(24)8-15)21(22(28)29)14(2)27(13)12-16-6-7-18(25)9-20(16)23/h3-9,26H,10-12H2,1-2H3,(H,28,29). The number of carboxylic acids is 1. The maximum atomic E-state index is 13.3. The summed E-state index contributed by atoms with van der Waals surface area (Å²) in [6.07, 6.45) is 0. The van der Waals surface area contributed by atoms with Crippen LogP contribution in [0.25, 0.3) is 0 Å². The predicted molar refractivity (Wildman–Crippen MR) is 108 cm³/mol. The maximum absolute atomic E-state index is 13.3. The summed E-state index contributed by atoms with van der Waals surface area (Å²) >= 11 is 6.14. The molecular weight excluding hydrogens is 398 g/mol. The Labute approximate surface area is 172 Å². The number of nitrogens with zero attached hydrogens (tertiary/aromatic N) is 1. The van der Waals surface area contributed by atoms with Crippen LogP contribution in [0.4, 0.5) is 8.78 Å². The summed E-state index contributed by atoms with van der Waals surface area (Å²) in [5.74, 6) is -1.75. The number of carboxylic acid groups (broad SMARTS) is 1. The molecular formula is C22H21ClF2N2O2. The van der Waals surface area contributed by atoms with Gasteiger partial charge in [0, 0.05) is 41.6 Å². The van der Waals surface area contributed by atoms with Crippen LogP contribution in [0.3, 0.4) is 0 Å². The normalized spacial score (nSPS) is 11.1. The minimum Gasteiger partial charge on any atom is -0.478 e. The molecule has 152 valence electrons. The van der Waals surface area contributed by atoms with Crippen LogP contribution in [-0.2, 0) is 19.6 Å². The zero-order valence-electron chi connectivity index (χ0n) is 16.1. The van der Waals surface area contributed by atoms with Crippen molar-refractivity contribution >= 4 is 17.6 Å². The lowest BCUT2D eigenvalue weighted by Crippen LogP contribution is -2.15. The Bertz CT molecular complexity index is 1060. The van der Waals surface area contributed by atoms with Gasteiger partial charge in [0.05, 0.1) is 5.56 Å². The summed E-state index contributed by atoms with van der Waals surface area (Å²) in [7, 11) is 0. The zero-order chi connectivity index (χ0) is 21.1. The smallest absolute Gasteiger partial charge is 0.337 e. The first kappa shape index (κ1) is 21.0. The fourth-order valence-corrected chi connectivity index (χ4v) is 3.71. The number of halogens is 3. The number of hydrogen-bond acceptors (Lipinski definition) is 2. The zero-order valence-corrected chi connectivity index (χ0v) is 16.9. The lowest BCUT2D eigenvalue weighted by Gasteiger charge is -2.12. The van der Waals surface area contributed by atoms with Gasteiger partial charge in [0.15, 0.2) is 0 Å². The molecule has 0 radical (unpaired) electrons. The van der Waals surface area contributed by atoms with Crippen LogP contribution in [0.2, 0.25) is 5.02 Å². The van der Waals surface area contributed by atoms with Gasteiger partial charge in [-0.1, -0.05) is 29.8 Å². The fraction of sp³-hybridized carbons (Fsp3) is 0.227. The third-order valence-electron chi connectivity index (χ3n) is 4.99. The Morgan fingerprint density at radius 3 is 2.45 bits per heavy atom. The van der Waals surface area contributed by atoms with Gasteiger partial charge in [0.25, 0.3) is 0 Å². The summed E-state index contributed by atoms with van der Waals surface area (Å²) < 4.78 is 28.5. The second-order valence-corrected chi connectivity index (χ2v) is 7.29. The molecule has 0 bridgehead atoms. The van der Waals surface area contributed by atoms with E-state index >= 15 is 0 Å². The number of carbonyl (C=O) groups is 1. The molecule has 0 amide bonds. The van der Waals surface area contributed by atoms with E-state index in [1.807, 2.05) is 11.5 Å². The largest absolute Gasteiger partial charge is 0.478 e. The molecule has 0 spiro atoms. The molecule has 0 atom stereocenters. The summed E-state index contributed by atoms with van der Waals surface area (Å²) in [6.45, 7) is 4.64. The van der Waals surface area contributed by atoms with Crippen molar-refractivity contribution in [3.8, 4) is 0 Å². The topological polar surface area (TPSA) is 54.3 Å². The Balaban J connectivity index is 1.86. The van der Waals surface area contributed by atoms with Crippen LogP contribution in [0.5, 0.6) is 0 Å². The lowest BCUT2D eigenvalue weighted by atomic mass is 10.1. The van der Waals surface area contributed by atoms with Crippen molar-refractivity contribution < 1.29 is 18.7 Å². The Morgan fingerprint density at radius 2 is 1.79 bits per heavy atom. The van der Waals surface area contributed by atoms with Gasteiger partial charge in [-0.3, -0.25) is 0 Å². The molecule has 0 fully saturated rings. The predicted octanol–water partition coefficient (Wildman–Crippen LogP) is 5.07. The van der Waals surface area contributed by atoms with Crippen molar-refractivity contribution in [2.45, 2.75) is 33.5 Å². The second kappa shape index (κ2) is 8.76. The Morgan fingerprint density at radius 1 is 1.07 bits per heavy atom. The van der Waals surface area contributed by atoms with E-state index in [0.29, 0.717) is 41.5 Å². The van der Waals surface area contributed by atoms with Crippen LogP contribution in [0.1, 0.15) is 38.4 Å². The van der Waals surface area contributed by atoms with Gasteiger partial charge in [-0.2, -0.15) is 0 Å². The molecule has 0 aliphatic heterocycles. The Kier molecular flexibility index (Phi) is 6.35. The highest BCUT2D eigenvalue weighted by molar-refractivity contribution is 6.31. The van der Waals surface area contributed by atoms with E-state index in [2.05, 4.69) is 5.32 Å². The van der Waals surface area contributed by atoms with Gasteiger partial charge in [0.2, 0.25) is 0 Å². The van der Waals surface area contributed by atoms with Gasteiger partial charge in [-0.25, -0.2) is 13.6 Å². The molecule has 2 N–H and O–H groups in total. The van der Waals surface area contributed by atoms with Crippen LogP contribution in [0.15, 0.2) is 42.5 Å². The third kappa shape index (κ3) is 4.66. The van der Waals surface area contributed by atoms with Gasteiger partial charge in [0.1, 0.15) is 11.6 Å². The molecule has 0 aliphatic carbocycles. The third-order valence-corrected chi connectivity index (χ3v) is 5.34. The van der Waals surface area contributed by atoms with Crippen molar-refractivity contribution in [1.29, 1.82) is 0 Å². The average Bonchev–Trinajstić information content (AvgIpc) is 2.88. The van der Waals surface area contributed by atoms with Crippen LogP contribution < -0.4 is 5.32 Å². The molecule has 0 saturated heterocycles. The van der Waals surface area contributed by atoms with Crippen LogP contribution >= 0.6 is 11.6 Å². The first-order valence-electron chi connectivity index (χ1n) is 9.09. The molecule has 1 aromatic heterocycles. The lowest BCUT2D eigenvalue weighted by molar-refractivity contribution is 0.0694. The molecule has 1 heterocycles. The number of benzene rings is 2. The van der Waals surface area contributed by atoms with Crippen LogP contribution in [-0.4, -0.2) is 15.6 Å². The minimum atomic E-state index is -1.02. The number of nitrogens with one attached hydrogen (secondary N) is 1. The highest BCUT2D eigenvalue weighted by Crippen LogP contribution is 2.26. The summed E-state index contributed by atoms with van der Waals surface area (Å²) in [5.41, 5.74) is 3.74. The van der Waals surface area contributed by atoms with Gasteiger partial charge >= 0.3 is 5.97 Å². The number of aromatic carboxylic acids is 1. The monoisotopic (exact) mass is 418 g/mol. The van der Waals surface area contributed by atoms with E-state index in [4.69, 9.17) is 11.6 Å². The molecule has 0 aliphatic rings. The van der Waals surface area contributed by atoms with Gasteiger partial charge < -0.3 is 15.0 Å². The summed E-state index contributed by atoms with van der Waals surface area (Å²) in [5, 5.41) is 13.2. The minimum absolute atomic E-state index is 0.229. The van der Waals surface area contributed by atoms with E-state index in [0.717, 1.165) is 11.3 Å². The van der Waals surface area contributed by atoms with Crippen LogP contribution in [0, 0.1) is 25.5 Å². The van der Waals surface area contributed by atoms with E-state index < -0.39 is 11.8 Å². The van der Waals surface area contributed by atoms with Crippen molar-refractivity contribution in [3.63, 3.8) is 0 Å². The van der Waals surface area contributed by atoms with Crippen molar-refractivity contribution in [2.75, 3.05) is 0 Å². The second-order valence-electron chi connectivity index (χ2n) is 6.88. The SMILES string of the molecule is Cc1c(CNCc2cccc(F)c2)c(C(=O)O)c(C)n1Cc1ccc(F)cc1Cl. The molecule has 0 saturated carbocycles. The molecule has 2 aromatic carbocycles. The molecule has 0 unspecified atom stereocenters. The van der Waals surface area contributed by atoms with E-state index in [1.54, 1.807) is 25.1 Å². The molecule has 4 nitrogen and oxygen atoms in total. The molecule has 7 heteroatoms. The molecule has 3 rings (SSSR count). The number of rotatable bonds is 7. The fourth-order valence-electron chi connectivity index (χ4n) is 3.49.